The van der Waals surface area contributed by atoms with E-state index in [0.29, 0.717) is 18.7 Å². The minimum Gasteiger partial charge on any atom is -0.386 e. The van der Waals surface area contributed by atoms with Gasteiger partial charge in [-0.1, -0.05) is 5.21 Å². The zero-order chi connectivity index (χ0) is 14.7. The van der Waals surface area contributed by atoms with Crippen molar-refractivity contribution in [2.75, 3.05) is 18.0 Å². The summed E-state index contributed by atoms with van der Waals surface area (Å²) in [4.78, 5) is 2.15. The third-order valence-corrected chi connectivity index (χ3v) is 3.85. The number of aromatic nitrogens is 3. The fraction of sp³-hybridized carbons (Fsp3) is 0.400. The van der Waals surface area contributed by atoms with Crippen LogP contribution in [0.4, 0.5) is 5.69 Å². The van der Waals surface area contributed by atoms with Gasteiger partial charge in [-0.15, -0.1) is 5.10 Å². The summed E-state index contributed by atoms with van der Waals surface area (Å²) in [6.45, 7) is 1.91. The summed E-state index contributed by atoms with van der Waals surface area (Å²) in [6, 6.07) is 9.59. The number of hydrogen-bond acceptors (Lipinski definition) is 5. The Hall–Kier alpha value is -2.39. The summed E-state index contributed by atoms with van der Waals surface area (Å²) in [7, 11) is 0. The summed E-state index contributed by atoms with van der Waals surface area (Å²) in [5.41, 5.74) is 0.874. The highest BCUT2D eigenvalue weighted by atomic mass is 16.3. The van der Waals surface area contributed by atoms with Crippen molar-refractivity contribution in [1.82, 2.24) is 15.0 Å². The molecule has 2 heterocycles. The van der Waals surface area contributed by atoms with Crippen molar-refractivity contribution >= 4 is 5.69 Å². The highest BCUT2D eigenvalue weighted by molar-refractivity contribution is 5.50. The molecule has 1 aliphatic rings. The van der Waals surface area contributed by atoms with Crippen LogP contribution in [0.25, 0.3) is 0 Å². The van der Waals surface area contributed by atoms with Crippen LogP contribution in [-0.2, 0) is 6.54 Å². The average Bonchev–Trinajstić information content (AvgIpc) is 2.99. The fourth-order valence-corrected chi connectivity index (χ4v) is 2.83. The van der Waals surface area contributed by atoms with Crippen molar-refractivity contribution in [3.05, 3.63) is 42.2 Å². The Morgan fingerprint density at radius 2 is 2.14 bits per heavy atom. The van der Waals surface area contributed by atoms with Crippen LogP contribution in [-0.4, -0.2) is 38.8 Å². The Morgan fingerprint density at radius 3 is 2.81 bits per heavy atom. The lowest BCUT2D eigenvalue weighted by molar-refractivity contribution is 0.00604. The molecular formula is C15H17N5O. The molecule has 0 spiro atoms. The molecule has 2 aromatic rings. The molecule has 6 heteroatoms. The van der Waals surface area contributed by atoms with Crippen molar-refractivity contribution in [2.45, 2.75) is 25.0 Å². The lowest BCUT2D eigenvalue weighted by atomic mass is 9.92. The van der Waals surface area contributed by atoms with E-state index in [-0.39, 0.29) is 0 Å². The summed E-state index contributed by atoms with van der Waals surface area (Å²) in [5, 5.41) is 27.3. The highest BCUT2D eigenvalue weighted by Gasteiger charge is 2.34. The molecule has 0 aliphatic carbocycles. The first kappa shape index (κ1) is 13.6. The smallest absolute Gasteiger partial charge is 0.102 e. The van der Waals surface area contributed by atoms with Crippen LogP contribution in [0.2, 0.25) is 0 Å². The van der Waals surface area contributed by atoms with E-state index in [2.05, 4.69) is 21.3 Å². The Bertz CT molecular complexity index is 631. The number of rotatable bonds is 3. The zero-order valence-electron chi connectivity index (χ0n) is 11.7. The molecule has 1 aliphatic heterocycles. The van der Waals surface area contributed by atoms with Crippen LogP contribution in [0.5, 0.6) is 0 Å². The molecule has 0 radical (unpaired) electrons. The molecule has 21 heavy (non-hydrogen) atoms. The predicted molar refractivity (Wildman–Crippen MR) is 77.6 cm³/mol. The van der Waals surface area contributed by atoms with Crippen molar-refractivity contribution in [2.24, 2.45) is 0 Å². The van der Waals surface area contributed by atoms with Crippen molar-refractivity contribution in [3.8, 4) is 6.07 Å². The molecule has 1 N–H and O–H groups in total. The van der Waals surface area contributed by atoms with Gasteiger partial charge >= 0.3 is 0 Å². The third kappa shape index (κ3) is 3.03. The standard InChI is InChI=1S/C15H17N5O/c16-10-13-2-4-14(5-3-13)19-8-1-6-15(21,11-19)12-20-9-7-17-18-20/h2-5,7,9,21H,1,6,8,11-12H2. The number of anilines is 1. The number of piperidine rings is 1. The molecule has 1 saturated heterocycles. The van der Waals surface area contributed by atoms with E-state index in [1.165, 1.54) is 0 Å². The first-order valence-electron chi connectivity index (χ1n) is 7.00. The minimum absolute atomic E-state index is 0.444. The largest absolute Gasteiger partial charge is 0.386 e. The van der Waals surface area contributed by atoms with E-state index in [4.69, 9.17) is 5.26 Å². The molecule has 0 bridgehead atoms. The number of β-amino-alcohol motifs (C(OH)–C–C–N with tert-alkyl or cyclic N) is 1. The normalized spacial score (nSPS) is 22.0. The van der Waals surface area contributed by atoms with Crippen molar-refractivity contribution < 1.29 is 5.11 Å². The highest BCUT2D eigenvalue weighted by Crippen LogP contribution is 2.27. The van der Waals surface area contributed by atoms with Gasteiger partial charge in [0.25, 0.3) is 0 Å². The van der Waals surface area contributed by atoms with Gasteiger partial charge in [0.2, 0.25) is 0 Å². The van der Waals surface area contributed by atoms with E-state index in [9.17, 15) is 5.11 Å². The lowest BCUT2D eigenvalue weighted by Gasteiger charge is -2.40. The van der Waals surface area contributed by atoms with Crippen LogP contribution in [0, 0.1) is 11.3 Å². The molecule has 6 nitrogen and oxygen atoms in total. The van der Waals surface area contributed by atoms with Gasteiger partial charge in [0.1, 0.15) is 5.60 Å². The molecule has 1 aromatic heterocycles. The molecule has 0 amide bonds. The van der Waals surface area contributed by atoms with Gasteiger partial charge in [-0.05, 0) is 37.1 Å². The van der Waals surface area contributed by atoms with Gasteiger partial charge < -0.3 is 10.0 Å². The zero-order valence-corrected chi connectivity index (χ0v) is 11.7. The van der Waals surface area contributed by atoms with Gasteiger partial charge in [0, 0.05) is 25.0 Å². The van der Waals surface area contributed by atoms with E-state index in [1.54, 1.807) is 29.2 Å². The second-order valence-corrected chi connectivity index (χ2v) is 5.51. The molecule has 1 unspecified atom stereocenters. The van der Waals surface area contributed by atoms with E-state index < -0.39 is 5.60 Å². The molecule has 1 fully saturated rings. The Labute approximate surface area is 123 Å². The summed E-state index contributed by atoms with van der Waals surface area (Å²) in [6.07, 6.45) is 5.05. The van der Waals surface area contributed by atoms with Crippen LogP contribution >= 0.6 is 0 Å². The monoisotopic (exact) mass is 283 g/mol. The Kier molecular flexibility index (Phi) is 3.59. The summed E-state index contributed by atoms with van der Waals surface area (Å²) in [5.74, 6) is 0. The Morgan fingerprint density at radius 1 is 1.33 bits per heavy atom. The molecule has 3 rings (SSSR count). The van der Waals surface area contributed by atoms with Crippen LogP contribution in [0.15, 0.2) is 36.7 Å². The van der Waals surface area contributed by atoms with Crippen LogP contribution < -0.4 is 4.90 Å². The molecule has 0 saturated carbocycles. The first-order chi connectivity index (χ1) is 10.2. The average molecular weight is 283 g/mol. The topological polar surface area (TPSA) is 78.0 Å². The maximum atomic E-state index is 10.8. The SMILES string of the molecule is N#Cc1ccc(N2CCCC(O)(Cn3ccnn3)C2)cc1. The van der Waals surface area contributed by atoms with E-state index in [1.807, 2.05) is 12.1 Å². The second-order valence-electron chi connectivity index (χ2n) is 5.51. The van der Waals surface area contributed by atoms with Gasteiger partial charge in [0.15, 0.2) is 0 Å². The summed E-state index contributed by atoms with van der Waals surface area (Å²) < 4.78 is 1.67. The maximum absolute atomic E-state index is 10.8. The number of benzene rings is 1. The predicted octanol–water partition coefficient (Wildman–Crippen LogP) is 1.18. The Balaban J connectivity index is 1.74. The number of hydrogen-bond donors (Lipinski definition) is 1. The van der Waals surface area contributed by atoms with E-state index in [0.717, 1.165) is 25.1 Å². The van der Waals surface area contributed by atoms with Crippen molar-refractivity contribution in [1.29, 1.82) is 5.26 Å². The molecule has 1 aromatic carbocycles. The van der Waals surface area contributed by atoms with Crippen LogP contribution in [0.1, 0.15) is 18.4 Å². The van der Waals surface area contributed by atoms with Crippen molar-refractivity contribution in [3.63, 3.8) is 0 Å². The number of nitriles is 1. The summed E-state index contributed by atoms with van der Waals surface area (Å²) >= 11 is 0. The van der Waals surface area contributed by atoms with E-state index >= 15 is 0 Å². The lowest BCUT2D eigenvalue weighted by Crippen LogP contribution is -2.50. The third-order valence-electron chi connectivity index (χ3n) is 3.85. The quantitative estimate of drug-likeness (QED) is 0.915. The molecule has 1 atom stereocenters. The second kappa shape index (κ2) is 5.54. The first-order valence-corrected chi connectivity index (χ1v) is 7.00. The fourth-order valence-electron chi connectivity index (χ4n) is 2.83. The minimum atomic E-state index is -0.806. The molecule has 108 valence electrons. The molecular weight excluding hydrogens is 266 g/mol. The van der Waals surface area contributed by atoms with Gasteiger partial charge in [-0.25, -0.2) is 4.68 Å². The van der Waals surface area contributed by atoms with Gasteiger partial charge in [0.05, 0.1) is 24.4 Å². The number of nitrogens with zero attached hydrogens (tertiary/aromatic N) is 5. The van der Waals surface area contributed by atoms with Crippen LogP contribution in [0.3, 0.4) is 0 Å². The van der Waals surface area contributed by atoms with Gasteiger partial charge in [-0.2, -0.15) is 5.26 Å². The van der Waals surface area contributed by atoms with Gasteiger partial charge in [-0.3, -0.25) is 0 Å². The number of aliphatic hydroxyl groups is 1. The maximum Gasteiger partial charge on any atom is 0.102 e.